The fourth-order valence-electron chi connectivity index (χ4n) is 13.1. The first kappa shape index (κ1) is 39.0. The Kier molecular flexibility index (Phi) is 12.4. The largest absolute Gasteiger partial charge is 0.349 e. The van der Waals surface area contributed by atoms with Gasteiger partial charge in [0, 0.05) is 47.9 Å². The second-order valence-electron chi connectivity index (χ2n) is 17.7. The minimum Gasteiger partial charge on any atom is -0.349 e. The van der Waals surface area contributed by atoms with Crippen LogP contribution >= 0.6 is 0 Å². The summed E-state index contributed by atoms with van der Waals surface area (Å²) in [5, 5.41) is 33.7. The van der Waals surface area contributed by atoms with Gasteiger partial charge in [0.2, 0.25) is 6.29 Å². The van der Waals surface area contributed by atoms with Gasteiger partial charge in [-0.3, -0.25) is 42.5 Å². The topological polar surface area (TPSA) is 142 Å². The molecule has 0 aromatic rings. The maximum atomic E-state index is 6.66. The Bertz CT molecular complexity index is 1180. The number of fused-ring (bicyclic) bond motifs is 20. The van der Waals surface area contributed by atoms with E-state index in [0.717, 1.165) is 19.3 Å². The van der Waals surface area contributed by atoms with E-state index in [1.807, 2.05) is 0 Å². The van der Waals surface area contributed by atoms with E-state index in [4.69, 9.17) is 23.7 Å². The van der Waals surface area contributed by atoms with Crippen LogP contribution in [0.15, 0.2) is 0 Å². The maximum Gasteiger partial charge on any atom is 0.336 e. The van der Waals surface area contributed by atoms with E-state index in [1.54, 1.807) is 28.4 Å². The Hall–Kier alpha value is 0.103. The molecule has 0 radical (unpaired) electrons. The molecule has 9 rings (SSSR count). The first-order chi connectivity index (χ1) is 25.0. The van der Waals surface area contributed by atoms with Gasteiger partial charge < -0.3 is 23.7 Å². The molecule has 0 amide bonds. The van der Waals surface area contributed by atoms with Gasteiger partial charge in [0.1, 0.15) is 0 Å². The molecule has 8 bridgehead atoms. The van der Waals surface area contributed by atoms with Crippen LogP contribution in [0.25, 0.3) is 0 Å². The number of hydrogen-bond donors (Lipinski definition) is 8. The summed E-state index contributed by atoms with van der Waals surface area (Å²) in [7, 11) is 6.32. The van der Waals surface area contributed by atoms with Gasteiger partial charge in [-0.05, 0) is 105 Å². The van der Waals surface area contributed by atoms with Crippen LogP contribution < -0.4 is 42.5 Å². The van der Waals surface area contributed by atoms with Gasteiger partial charge in [-0.1, -0.05) is 38.5 Å². The molecule has 5 aliphatic heterocycles. The van der Waals surface area contributed by atoms with Crippen molar-refractivity contribution in [3.05, 3.63) is 0 Å². The molecule has 4 saturated carbocycles. The Labute approximate surface area is 324 Å². The number of methoxy groups -OCH3 is 4. The van der Waals surface area contributed by atoms with Crippen molar-refractivity contribution in [2.45, 2.75) is 164 Å². The monoisotopic (exact) mass is 780 g/mol. The predicted octanol–water partition coefficient (Wildman–Crippen LogP) is 2.16. The summed E-state index contributed by atoms with van der Waals surface area (Å²) in [6.45, 7) is 0. The van der Waals surface area contributed by atoms with E-state index in [1.165, 1.54) is 77.0 Å². The molecule has 4 aliphatic carbocycles. The molecule has 52 heavy (non-hydrogen) atoms. The number of rotatable bonds is 7. The number of hydrogen-bond acceptors (Lipinski definition) is 13. The fraction of sp³-hybridized carbons (Fsp3) is 1.00. The van der Waals surface area contributed by atoms with Crippen LogP contribution in [0, 0.1) is 47.3 Å². The Balaban J connectivity index is 0.00000387. The number of nitrogens with one attached hydrogen (secondary N) is 8. The van der Waals surface area contributed by atoms with Crippen LogP contribution in [0.2, 0.25) is 0 Å². The smallest absolute Gasteiger partial charge is 0.336 e. The van der Waals surface area contributed by atoms with Crippen molar-refractivity contribution < 1.29 is 43.2 Å². The van der Waals surface area contributed by atoms with Gasteiger partial charge in [-0.25, -0.2) is 0 Å². The predicted molar refractivity (Wildman–Crippen MR) is 192 cm³/mol. The molecule has 0 spiro atoms. The average molecular weight is 782 g/mol. The van der Waals surface area contributed by atoms with Crippen molar-refractivity contribution in [2.24, 2.45) is 47.3 Å². The summed E-state index contributed by atoms with van der Waals surface area (Å²) in [6, 6.07) is 0. The van der Waals surface area contributed by atoms with Gasteiger partial charge in [-0.2, -0.15) is 0 Å². The van der Waals surface area contributed by atoms with Gasteiger partial charge in [0.05, 0.1) is 55.4 Å². The van der Waals surface area contributed by atoms with E-state index in [2.05, 4.69) is 42.5 Å². The Morgan fingerprint density at radius 2 is 0.692 bits per heavy atom. The Morgan fingerprint density at radius 1 is 0.404 bits per heavy atom. The van der Waals surface area contributed by atoms with Crippen molar-refractivity contribution >= 4 is 0 Å². The molecule has 0 aromatic heterocycles. The first-order valence-electron chi connectivity index (χ1n) is 20.9. The van der Waals surface area contributed by atoms with Crippen LogP contribution in [0.4, 0.5) is 0 Å². The minimum atomic E-state index is -1.42. The second-order valence-corrected chi connectivity index (χ2v) is 17.7. The fourth-order valence-corrected chi connectivity index (χ4v) is 13.1. The van der Waals surface area contributed by atoms with Crippen LogP contribution in [0.3, 0.4) is 0 Å². The summed E-state index contributed by atoms with van der Waals surface area (Å²) in [5.41, 5.74) is 0. The number of ether oxygens (including phenoxy) is 5. The normalized spacial score (nSPS) is 49.3. The van der Waals surface area contributed by atoms with E-state index in [0.29, 0.717) is 78.2 Å². The van der Waals surface area contributed by atoms with E-state index < -0.39 is 12.3 Å². The third-order valence-electron chi connectivity index (χ3n) is 15.5. The molecule has 18 atom stereocenters. The van der Waals surface area contributed by atoms with Crippen LogP contribution in [0.1, 0.15) is 96.3 Å². The minimum absolute atomic E-state index is 0. The molecule has 9 aliphatic rings. The first-order valence-corrected chi connectivity index (χ1v) is 20.9. The van der Waals surface area contributed by atoms with Crippen molar-refractivity contribution in [1.82, 2.24) is 42.5 Å². The zero-order valence-corrected chi connectivity index (χ0v) is 35.2. The summed E-state index contributed by atoms with van der Waals surface area (Å²) >= 11 is 0. The summed E-state index contributed by atoms with van der Waals surface area (Å²) in [5.74, 6) is 3.41. The molecule has 18 unspecified atom stereocenters. The molecule has 14 heteroatoms. The standard InChI is InChI=1S/C38H68N8O5.Zn/c1-47-37(38(48-2,49-3)50-4)51-20-17-18-27-28(19-20)36-45-34-26-16-10-9-15-25(26)32(43-34)41-30-22-12-6-5-11-21(22)29(39-30)40-31-23-13-7-8-14-24(23)33(42-31)44-35(27)46-36;/h20-37,39-46H,5-19H2,1-4H3;. The van der Waals surface area contributed by atoms with Crippen molar-refractivity contribution in [1.29, 1.82) is 0 Å². The zero-order valence-electron chi connectivity index (χ0n) is 32.2. The molecule has 292 valence electrons. The molecule has 13 nitrogen and oxygen atoms in total. The molecule has 5 heterocycles. The summed E-state index contributed by atoms with van der Waals surface area (Å²) < 4.78 is 29.4. The van der Waals surface area contributed by atoms with E-state index in [9.17, 15) is 0 Å². The molecule has 5 saturated heterocycles. The van der Waals surface area contributed by atoms with Crippen LogP contribution in [0.5, 0.6) is 0 Å². The molecular formula is C38H68N8O5Zn. The van der Waals surface area contributed by atoms with Crippen molar-refractivity contribution in [3.8, 4) is 0 Å². The SMILES string of the molecule is COC(OC1CCC2C3NC4NC(NC5NC(NC6NC(NC(N3)C2C1)C1CCCCC61)C1CCCCC51)C1CCCCC41)C(OC)(OC)OC.[Zn]. The molecular weight excluding hydrogens is 714 g/mol. The molecule has 0 aromatic carbocycles. The third kappa shape index (κ3) is 7.03. The third-order valence-corrected chi connectivity index (χ3v) is 15.5. The van der Waals surface area contributed by atoms with Gasteiger partial charge >= 0.3 is 5.97 Å². The van der Waals surface area contributed by atoms with Crippen molar-refractivity contribution in [3.63, 3.8) is 0 Å². The van der Waals surface area contributed by atoms with Gasteiger partial charge in [0.25, 0.3) is 0 Å². The summed E-state index contributed by atoms with van der Waals surface area (Å²) in [6.07, 6.45) is 20.4. The van der Waals surface area contributed by atoms with E-state index >= 15 is 0 Å². The van der Waals surface area contributed by atoms with Crippen LogP contribution in [-0.4, -0.2) is 96.1 Å². The van der Waals surface area contributed by atoms with Gasteiger partial charge in [0.15, 0.2) is 0 Å². The van der Waals surface area contributed by atoms with Gasteiger partial charge in [-0.15, -0.1) is 0 Å². The molecule has 9 fully saturated rings. The Morgan fingerprint density at radius 3 is 0.981 bits per heavy atom. The molecule has 8 N–H and O–H groups in total. The average Bonchev–Trinajstić information content (AvgIpc) is 3.91. The van der Waals surface area contributed by atoms with E-state index in [-0.39, 0.29) is 44.1 Å². The quantitative estimate of drug-likeness (QED) is 0.142. The maximum absolute atomic E-state index is 6.66. The second kappa shape index (κ2) is 16.5. The van der Waals surface area contributed by atoms with Crippen LogP contribution in [-0.2, 0) is 43.2 Å². The zero-order chi connectivity index (χ0) is 34.7. The van der Waals surface area contributed by atoms with Crippen molar-refractivity contribution in [2.75, 3.05) is 28.4 Å². The summed E-state index contributed by atoms with van der Waals surface area (Å²) in [4.78, 5) is 0.